The second-order valence-electron chi connectivity index (χ2n) is 5.38. The standard InChI is InChI=1S/C18H11BrN2O6S/c19-13-6-5-12(27-13)17(23)26-9-14(22)20-18-21-15(10-3-1-7-24-10)16(28-18)11-4-2-8-25-11/h1-8H,9H2,(H,20,21,22). The number of rotatable bonds is 6. The Hall–Kier alpha value is -3.11. The van der Waals surface area contributed by atoms with E-state index < -0.39 is 18.5 Å². The van der Waals surface area contributed by atoms with Gasteiger partial charge in [0.1, 0.15) is 16.3 Å². The lowest BCUT2D eigenvalue weighted by Gasteiger charge is -2.02. The smallest absolute Gasteiger partial charge is 0.374 e. The van der Waals surface area contributed by atoms with Crippen LogP contribution in [0.5, 0.6) is 0 Å². The van der Waals surface area contributed by atoms with E-state index in [4.69, 9.17) is 18.0 Å². The van der Waals surface area contributed by atoms with Gasteiger partial charge in [-0.2, -0.15) is 0 Å². The van der Waals surface area contributed by atoms with E-state index in [2.05, 4.69) is 26.2 Å². The van der Waals surface area contributed by atoms with Gasteiger partial charge in [-0.15, -0.1) is 0 Å². The molecule has 4 rings (SSSR count). The Kier molecular flexibility index (Phi) is 5.13. The van der Waals surface area contributed by atoms with Gasteiger partial charge in [-0.3, -0.25) is 10.1 Å². The van der Waals surface area contributed by atoms with E-state index in [0.717, 1.165) is 0 Å². The predicted molar refractivity (Wildman–Crippen MR) is 103 cm³/mol. The molecule has 0 unspecified atom stereocenters. The SMILES string of the molecule is O=C(COC(=O)c1ccc(Br)o1)Nc1nc(-c2ccco2)c(-c2ccco2)s1. The molecule has 1 amide bonds. The van der Waals surface area contributed by atoms with E-state index in [1.807, 2.05) is 0 Å². The van der Waals surface area contributed by atoms with Crippen LogP contribution in [0.15, 0.2) is 66.8 Å². The van der Waals surface area contributed by atoms with Crippen molar-refractivity contribution in [1.29, 1.82) is 0 Å². The van der Waals surface area contributed by atoms with Crippen molar-refractivity contribution in [3.63, 3.8) is 0 Å². The molecule has 0 spiro atoms. The average Bonchev–Trinajstić information content (AvgIpc) is 3.45. The summed E-state index contributed by atoms with van der Waals surface area (Å²) in [4.78, 5) is 29.1. The van der Waals surface area contributed by atoms with Crippen molar-refractivity contribution in [2.24, 2.45) is 0 Å². The Bertz CT molecular complexity index is 1050. The lowest BCUT2D eigenvalue weighted by atomic mass is 10.2. The molecule has 0 aliphatic carbocycles. The first-order chi connectivity index (χ1) is 13.6. The molecule has 8 nitrogen and oxygen atoms in total. The van der Waals surface area contributed by atoms with Crippen LogP contribution in [0, 0.1) is 0 Å². The van der Waals surface area contributed by atoms with Gasteiger partial charge in [0.05, 0.1) is 12.5 Å². The number of nitrogens with zero attached hydrogens (tertiary/aromatic N) is 1. The molecule has 10 heteroatoms. The third-order valence-corrected chi connectivity index (χ3v) is 4.89. The van der Waals surface area contributed by atoms with Crippen molar-refractivity contribution < 1.29 is 27.6 Å². The highest BCUT2D eigenvalue weighted by molar-refractivity contribution is 9.10. The minimum Gasteiger partial charge on any atom is -0.463 e. The van der Waals surface area contributed by atoms with Crippen molar-refractivity contribution in [1.82, 2.24) is 4.98 Å². The lowest BCUT2D eigenvalue weighted by molar-refractivity contribution is -0.119. The Morgan fingerprint density at radius 2 is 1.86 bits per heavy atom. The summed E-state index contributed by atoms with van der Waals surface area (Å²) in [6.45, 7) is -0.483. The number of furan rings is 3. The fraction of sp³-hybridized carbons (Fsp3) is 0.0556. The van der Waals surface area contributed by atoms with E-state index in [0.29, 0.717) is 31.9 Å². The Morgan fingerprint density at radius 3 is 2.50 bits per heavy atom. The molecule has 0 radical (unpaired) electrons. The maximum atomic E-state index is 12.1. The molecular formula is C18H11BrN2O6S. The van der Waals surface area contributed by atoms with Crippen LogP contribution < -0.4 is 5.32 Å². The van der Waals surface area contributed by atoms with Gasteiger partial charge in [-0.1, -0.05) is 11.3 Å². The van der Waals surface area contributed by atoms with E-state index in [9.17, 15) is 9.59 Å². The summed E-state index contributed by atoms with van der Waals surface area (Å²) in [5.74, 6) is -0.149. The second-order valence-corrected chi connectivity index (χ2v) is 7.16. The predicted octanol–water partition coefficient (Wildman–Crippen LogP) is 4.81. The van der Waals surface area contributed by atoms with Crippen LogP contribution in [-0.4, -0.2) is 23.5 Å². The number of anilines is 1. The minimum absolute atomic E-state index is 0.00543. The van der Waals surface area contributed by atoms with Crippen LogP contribution in [0.1, 0.15) is 10.6 Å². The molecule has 0 aromatic carbocycles. The average molecular weight is 463 g/mol. The van der Waals surface area contributed by atoms with Gasteiger partial charge >= 0.3 is 5.97 Å². The number of amides is 1. The molecule has 142 valence electrons. The zero-order valence-electron chi connectivity index (χ0n) is 14.0. The topological polar surface area (TPSA) is 108 Å². The number of esters is 1. The zero-order chi connectivity index (χ0) is 19.5. The number of aromatic nitrogens is 1. The molecule has 1 N–H and O–H groups in total. The molecule has 0 fully saturated rings. The molecule has 28 heavy (non-hydrogen) atoms. The van der Waals surface area contributed by atoms with Crippen LogP contribution in [0.3, 0.4) is 0 Å². The van der Waals surface area contributed by atoms with E-state index in [1.165, 1.54) is 23.7 Å². The van der Waals surface area contributed by atoms with Crippen LogP contribution in [-0.2, 0) is 9.53 Å². The fourth-order valence-electron chi connectivity index (χ4n) is 2.31. The number of hydrogen-bond donors (Lipinski definition) is 1. The first kappa shape index (κ1) is 18.3. The van der Waals surface area contributed by atoms with Crippen LogP contribution in [0.4, 0.5) is 5.13 Å². The van der Waals surface area contributed by atoms with Crippen molar-refractivity contribution in [3.05, 3.63) is 59.4 Å². The number of nitrogens with one attached hydrogen (secondary N) is 1. The Morgan fingerprint density at radius 1 is 1.11 bits per heavy atom. The summed E-state index contributed by atoms with van der Waals surface area (Å²) in [5, 5.41) is 2.93. The van der Waals surface area contributed by atoms with Crippen LogP contribution >= 0.6 is 27.3 Å². The summed E-state index contributed by atoms with van der Waals surface area (Å²) in [6.07, 6.45) is 3.08. The molecule has 0 atom stereocenters. The number of thiazole rings is 1. The maximum absolute atomic E-state index is 12.1. The molecule has 0 bridgehead atoms. The monoisotopic (exact) mass is 462 g/mol. The largest absolute Gasteiger partial charge is 0.463 e. The molecular weight excluding hydrogens is 452 g/mol. The maximum Gasteiger partial charge on any atom is 0.374 e. The number of carbonyl (C=O) groups excluding carboxylic acids is 2. The van der Waals surface area contributed by atoms with Crippen LogP contribution in [0.2, 0.25) is 0 Å². The summed E-state index contributed by atoms with van der Waals surface area (Å²) in [5.41, 5.74) is 0.540. The van der Waals surface area contributed by atoms with E-state index in [1.54, 1.807) is 36.6 Å². The van der Waals surface area contributed by atoms with Gasteiger partial charge in [-0.05, 0) is 52.3 Å². The second kappa shape index (κ2) is 7.87. The number of halogens is 1. The van der Waals surface area contributed by atoms with Crippen molar-refractivity contribution >= 4 is 44.3 Å². The Labute approximate surface area is 170 Å². The highest BCUT2D eigenvalue weighted by atomic mass is 79.9. The first-order valence-electron chi connectivity index (χ1n) is 7.91. The molecule has 0 saturated carbocycles. The third kappa shape index (κ3) is 3.92. The number of ether oxygens (including phenoxy) is 1. The lowest BCUT2D eigenvalue weighted by Crippen LogP contribution is -2.20. The van der Waals surface area contributed by atoms with Gasteiger partial charge in [-0.25, -0.2) is 9.78 Å². The highest BCUT2D eigenvalue weighted by Crippen LogP contribution is 2.39. The summed E-state index contributed by atoms with van der Waals surface area (Å²) >= 11 is 4.31. The summed E-state index contributed by atoms with van der Waals surface area (Å²) < 4.78 is 21.3. The summed E-state index contributed by atoms with van der Waals surface area (Å²) in [6, 6.07) is 10.0. The van der Waals surface area contributed by atoms with Gasteiger partial charge in [0, 0.05) is 0 Å². The minimum atomic E-state index is -0.743. The third-order valence-electron chi connectivity index (χ3n) is 3.48. The molecule has 0 saturated heterocycles. The summed E-state index contributed by atoms with van der Waals surface area (Å²) in [7, 11) is 0. The normalized spacial score (nSPS) is 10.8. The van der Waals surface area contributed by atoms with E-state index >= 15 is 0 Å². The van der Waals surface area contributed by atoms with Gasteiger partial charge < -0.3 is 18.0 Å². The molecule has 0 aliphatic heterocycles. The van der Waals surface area contributed by atoms with Gasteiger partial charge in [0.25, 0.3) is 5.91 Å². The fourth-order valence-corrected chi connectivity index (χ4v) is 3.57. The molecule has 4 aromatic rings. The van der Waals surface area contributed by atoms with Crippen molar-refractivity contribution in [3.8, 4) is 22.1 Å². The van der Waals surface area contributed by atoms with E-state index in [-0.39, 0.29) is 5.76 Å². The van der Waals surface area contributed by atoms with Gasteiger partial charge in [0.2, 0.25) is 5.76 Å². The van der Waals surface area contributed by atoms with Crippen molar-refractivity contribution in [2.75, 3.05) is 11.9 Å². The van der Waals surface area contributed by atoms with Gasteiger partial charge in [0.15, 0.2) is 22.2 Å². The zero-order valence-corrected chi connectivity index (χ0v) is 16.4. The molecule has 4 aromatic heterocycles. The highest BCUT2D eigenvalue weighted by Gasteiger charge is 2.20. The molecule has 4 heterocycles. The Balaban J connectivity index is 1.46. The number of hydrogen-bond acceptors (Lipinski definition) is 8. The van der Waals surface area contributed by atoms with Crippen molar-refractivity contribution in [2.45, 2.75) is 0 Å². The van der Waals surface area contributed by atoms with Crippen LogP contribution in [0.25, 0.3) is 22.1 Å². The number of carbonyl (C=O) groups is 2. The molecule has 0 aliphatic rings. The first-order valence-corrected chi connectivity index (χ1v) is 9.52. The quantitative estimate of drug-likeness (QED) is 0.409.